The highest BCUT2D eigenvalue weighted by Crippen LogP contribution is 2.25. The Morgan fingerprint density at radius 2 is 2.00 bits per heavy atom. The van der Waals surface area contributed by atoms with Gasteiger partial charge in [-0.3, -0.25) is 14.6 Å². The van der Waals surface area contributed by atoms with Gasteiger partial charge in [0.2, 0.25) is 5.91 Å². The number of nitrogens with zero attached hydrogens (tertiary/aromatic N) is 2. The van der Waals surface area contributed by atoms with Gasteiger partial charge in [0.1, 0.15) is 23.9 Å². The van der Waals surface area contributed by atoms with Gasteiger partial charge >= 0.3 is 0 Å². The highest BCUT2D eigenvalue weighted by molar-refractivity contribution is 6.01. The van der Waals surface area contributed by atoms with Gasteiger partial charge in [0.05, 0.1) is 6.54 Å². The van der Waals surface area contributed by atoms with Crippen LogP contribution in [0.3, 0.4) is 0 Å². The fourth-order valence-corrected chi connectivity index (χ4v) is 3.72. The number of fused-ring (bicyclic) bond motifs is 2. The average molecular weight is 389 g/mol. The van der Waals surface area contributed by atoms with E-state index >= 15 is 0 Å². The molecule has 0 bridgehead atoms. The molecule has 0 saturated heterocycles. The highest BCUT2D eigenvalue weighted by Gasteiger charge is 2.34. The van der Waals surface area contributed by atoms with Gasteiger partial charge in [-0.05, 0) is 30.2 Å². The molecule has 29 heavy (non-hydrogen) atoms. The molecule has 3 aromatic rings. The monoisotopic (exact) mass is 389 g/mol. The van der Waals surface area contributed by atoms with Gasteiger partial charge < -0.3 is 15.0 Å². The van der Waals surface area contributed by atoms with Gasteiger partial charge in [0, 0.05) is 23.7 Å². The molecule has 2 amide bonds. The summed E-state index contributed by atoms with van der Waals surface area (Å²) in [5.41, 5.74) is 2.45. The van der Waals surface area contributed by atoms with E-state index < -0.39 is 6.04 Å². The number of ether oxygens (including phenoxy) is 1. The normalized spacial score (nSPS) is 14.0. The number of rotatable bonds is 7. The van der Waals surface area contributed by atoms with Gasteiger partial charge in [0.15, 0.2) is 0 Å². The Morgan fingerprint density at radius 1 is 1.17 bits per heavy atom. The van der Waals surface area contributed by atoms with Crippen LogP contribution in [-0.2, 0) is 11.3 Å². The summed E-state index contributed by atoms with van der Waals surface area (Å²) in [6.07, 6.45) is 2.29. The van der Waals surface area contributed by atoms with Crippen LogP contribution >= 0.6 is 0 Å². The topological polar surface area (TPSA) is 71.5 Å². The van der Waals surface area contributed by atoms with E-state index in [2.05, 4.69) is 10.3 Å². The smallest absolute Gasteiger partial charge is 0.255 e. The van der Waals surface area contributed by atoms with Crippen LogP contribution in [0.25, 0.3) is 10.9 Å². The van der Waals surface area contributed by atoms with Gasteiger partial charge in [-0.15, -0.1) is 0 Å². The lowest BCUT2D eigenvalue weighted by molar-refractivity contribution is -0.125. The molecule has 2 aromatic carbocycles. The van der Waals surface area contributed by atoms with Crippen LogP contribution in [0.15, 0.2) is 60.8 Å². The van der Waals surface area contributed by atoms with Crippen molar-refractivity contribution in [1.29, 1.82) is 0 Å². The summed E-state index contributed by atoms with van der Waals surface area (Å²) in [5.74, 6) is 0.448. The molecule has 0 spiro atoms. The second-order valence-corrected chi connectivity index (χ2v) is 6.99. The van der Waals surface area contributed by atoms with Gasteiger partial charge in [-0.2, -0.15) is 0 Å². The number of pyridine rings is 1. The van der Waals surface area contributed by atoms with E-state index in [1.807, 2.05) is 61.5 Å². The van der Waals surface area contributed by atoms with Crippen LogP contribution in [0.1, 0.15) is 29.3 Å². The summed E-state index contributed by atoms with van der Waals surface area (Å²) in [7, 11) is 0. The number of carbonyl (C=O) groups excluding carboxylic acids is 2. The maximum atomic E-state index is 12.7. The van der Waals surface area contributed by atoms with Crippen molar-refractivity contribution in [2.45, 2.75) is 25.9 Å². The standard InChI is InChI=1S/C23H23N3O3/c1-2-19(26-15-17-7-3-4-10-18(17)23(26)28)22(27)25-13-14-29-20-11-5-8-16-9-6-12-24-21(16)20/h3-12,19H,2,13-15H2,1H3,(H,25,27). The number of benzene rings is 2. The summed E-state index contributed by atoms with van der Waals surface area (Å²) in [6.45, 7) is 3.07. The van der Waals surface area contributed by atoms with E-state index in [0.717, 1.165) is 16.5 Å². The lowest BCUT2D eigenvalue weighted by Crippen LogP contribution is -2.47. The number of aromatic nitrogens is 1. The number of carbonyl (C=O) groups is 2. The average Bonchev–Trinajstić information content (AvgIpc) is 3.08. The Labute approximate surface area is 169 Å². The van der Waals surface area contributed by atoms with Crippen molar-refractivity contribution in [2.24, 2.45) is 0 Å². The lowest BCUT2D eigenvalue weighted by Gasteiger charge is -2.25. The molecule has 0 saturated carbocycles. The third-order valence-electron chi connectivity index (χ3n) is 5.17. The predicted molar refractivity (Wildman–Crippen MR) is 111 cm³/mol. The van der Waals surface area contributed by atoms with Crippen LogP contribution in [0.2, 0.25) is 0 Å². The zero-order chi connectivity index (χ0) is 20.2. The Bertz CT molecular complexity index is 1040. The molecule has 0 radical (unpaired) electrons. The van der Waals surface area contributed by atoms with Gasteiger partial charge in [0.25, 0.3) is 5.91 Å². The van der Waals surface area contributed by atoms with Crippen molar-refractivity contribution in [3.63, 3.8) is 0 Å². The zero-order valence-corrected chi connectivity index (χ0v) is 16.3. The fourth-order valence-electron chi connectivity index (χ4n) is 3.72. The van der Waals surface area contributed by atoms with E-state index in [1.54, 1.807) is 11.1 Å². The molecule has 1 atom stereocenters. The molecule has 6 heteroatoms. The molecule has 6 nitrogen and oxygen atoms in total. The number of hydrogen-bond donors (Lipinski definition) is 1. The van der Waals surface area contributed by atoms with Crippen LogP contribution in [0.4, 0.5) is 0 Å². The first kappa shape index (κ1) is 18.9. The van der Waals surface area contributed by atoms with E-state index in [0.29, 0.717) is 37.4 Å². The van der Waals surface area contributed by atoms with Crippen LogP contribution in [-0.4, -0.2) is 40.9 Å². The second kappa shape index (κ2) is 8.31. The first-order valence-corrected chi connectivity index (χ1v) is 9.82. The summed E-state index contributed by atoms with van der Waals surface area (Å²) in [6, 6.07) is 16.6. The molecule has 1 unspecified atom stereocenters. The molecule has 148 valence electrons. The summed E-state index contributed by atoms with van der Waals surface area (Å²) in [5, 5.41) is 3.90. The van der Waals surface area contributed by atoms with Crippen molar-refractivity contribution < 1.29 is 14.3 Å². The molecule has 2 heterocycles. The quantitative estimate of drug-likeness (QED) is 0.630. The SMILES string of the molecule is CCC(C(=O)NCCOc1cccc2cccnc12)N1Cc2ccccc2C1=O. The molecule has 0 aliphatic carbocycles. The molecule has 1 aliphatic rings. The second-order valence-electron chi connectivity index (χ2n) is 6.99. The van der Waals surface area contributed by atoms with Crippen LogP contribution in [0, 0.1) is 0 Å². The van der Waals surface area contributed by atoms with Crippen molar-refractivity contribution in [1.82, 2.24) is 15.2 Å². The van der Waals surface area contributed by atoms with Crippen LogP contribution in [0.5, 0.6) is 5.75 Å². The minimum atomic E-state index is -0.492. The van der Waals surface area contributed by atoms with Gasteiger partial charge in [-0.1, -0.05) is 43.3 Å². The maximum absolute atomic E-state index is 12.7. The Kier molecular flexibility index (Phi) is 5.42. The Balaban J connectivity index is 1.34. The highest BCUT2D eigenvalue weighted by atomic mass is 16.5. The number of amides is 2. The fraction of sp³-hybridized carbons (Fsp3) is 0.261. The third-order valence-corrected chi connectivity index (χ3v) is 5.17. The maximum Gasteiger partial charge on any atom is 0.255 e. The molecule has 4 rings (SSSR count). The summed E-state index contributed by atoms with van der Waals surface area (Å²) >= 11 is 0. The Morgan fingerprint density at radius 3 is 2.83 bits per heavy atom. The van der Waals surface area contributed by atoms with Crippen LogP contribution < -0.4 is 10.1 Å². The minimum Gasteiger partial charge on any atom is -0.489 e. The number of hydrogen-bond acceptors (Lipinski definition) is 4. The minimum absolute atomic E-state index is 0.0827. The Hall–Kier alpha value is -3.41. The van der Waals surface area contributed by atoms with Gasteiger partial charge in [-0.25, -0.2) is 0 Å². The van der Waals surface area contributed by atoms with E-state index in [9.17, 15) is 9.59 Å². The van der Waals surface area contributed by atoms with E-state index in [1.165, 1.54) is 0 Å². The molecule has 1 aliphatic heterocycles. The first-order chi connectivity index (χ1) is 14.2. The zero-order valence-electron chi connectivity index (χ0n) is 16.3. The number of para-hydroxylation sites is 1. The lowest BCUT2D eigenvalue weighted by atomic mass is 10.1. The third kappa shape index (κ3) is 3.78. The van der Waals surface area contributed by atoms with Crippen molar-refractivity contribution in [2.75, 3.05) is 13.2 Å². The predicted octanol–water partition coefficient (Wildman–Crippen LogP) is 3.16. The molecular formula is C23H23N3O3. The summed E-state index contributed by atoms with van der Waals surface area (Å²) in [4.78, 5) is 31.4. The van der Waals surface area contributed by atoms with Crippen molar-refractivity contribution in [3.05, 3.63) is 71.9 Å². The number of nitrogens with one attached hydrogen (secondary N) is 1. The van der Waals surface area contributed by atoms with Crippen molar-refractivity contribution in [3.8, 4) is 5.75 Å². The first-order valence-electron chi connectivity index (χ1n) is 9.82. The molecule has 1 aromatic heterocycles. The summed E-state index contributed by atoms with van der Waals surface area (Å²) < 4.78 is 5.82. The molecular weight excluding hydrogens is 366 g/mol. The van der Waals surface area contributed by atoms with E-state index in [-0.39, 0.29) is 11.8 Å². The van der Waals surface area contributed by atoms with E-state index in [4.69, 9.17) is 4.74 Å². The molecule has 1 N–H and O–H groups in total. The van der Waals surface area contributed by atoms with Crippen molar-refractivity contribution >= 4 is 22.7 Å². The largest absolute Gasteiger partial charge is 0.489 e. The molecule has 0 fully saturated rings.